The standard InChI is InChI=1S/C16H15N5O2/c17-14(22)7-9-21-10-8-15(20-21)19-16(23)13-6-5-11-3-1-2-4-12(11)18-13/h1-6,8,10H,7,9H2,(H2,17,22)(H,19,20,23). The molecule has 0 saturated heterocycles. The van der Waals surface area contributed by atoms with Crippen LogP contribution in [0, 0.1) is 0 Å². The SMILES string of the molecule is NC(=O)CCn1ccc(NC(=O)c2ccc3ccccc3n2)n1. The van der Waals surface area contributed by atoms with Crippen LogP contribution in [0.4, 0.5) is 5.82 Å². The summed E-state index contributed by atoms with van der Waals surface area (Å²) in [6.45, 7) is 0.374. The zero-order valence-electron chi connectivity index (χ0n) is 12.3. The monoisotopic (exact) mass is 309 g/mol. The maximum absolute atomic E-state index is 12.2. The first-order chi connectivity index (χ1) is 11.1. The minimum absolute atomic E-state index is 0.196. The third-order valence-electron chi connectivity index (χ3n) is 3.30. The van der Waals surface area contributed by atoms with E-state index in [1.165, 1.54) is 0 Å². The fourth-order valence-electron chi connectivity index (χ4n) is 2.15. The smallest absolute Gasteiger partial charge is 0.275 e. The van der Waals surface area contributed by atoms with Gasteiger partial charge in [-0.15, -0.1) is 0 Å². The van der Waals surface area contributed by atoms with E-state index in [2.05, 4.69) is 15.4 Å². The van der Waals surface area contributed by atoms with Crippen molar-refractivity contribution in [3.63, 3.8) is 0 Å². The van der Waals surface area contributed by atoms with Crippen molar-refractivity contribution in [3.05, 3.63) is 54.4 Å². The highest BCUT2D eigenvalue weighted by Gasteiger charge is 2.10. The molecule has 2 heterocycles. The molecule has 7 nitrogen and oxygen atoms in total. The van der Waals surface area contributed by atoms with Crippen LogP contribution >= 0.6 is 0 Å². The van der Waals surface area contributed by atoms with Gasteiger partial charge in [0.05, 0.1) is 5.52 Å². The van der Waals surface area contributed by atoms with Crippen LogP contribution in [0.2, 0.25) is 0 Å². The topological polar surface area (TPSA) is 103 Å². The lowest BCUT2D eigenvalue weighted by molar-refractivity contribution is -0.118. The van der Waals surface area contributed by atoms with Gasteiger partial charge in [-0.1, -0.05) is 24.3 Å². The molecular formula is C16H15N5O2. The normalized spacial score (nSPS) is 10.6. The number of hydrogen-bond donors (Lipinski definition) is 2. The lowest BCUT2D eigenvalue weighted by Crippen LogP contribution is -2.16. The first-order valence-corrected chi connectivity index (χ1v) is 7.11. The van der Waals surface area contributed by atoms with Gasteiger partial charge in [0.15, 0.2) is 5.82 Å². The van der Waals surface area contributed by atoms with Gasteiger partial charge in [-0.05, 0) is 12.1 Å². The second-order valence-electron chi connectivity index (χ2n) is 5.02. The number of pyridine rings is 1. The summed E-state index contributed by atoms with van der Waals surface area (Å²) in [6.07, 6.45) is 1.87. The number of rotatable bonds is 5. The molecule has 0 aliphatic rings. The number of carbonyl (C=O) groups excluding carboxylic acids is 2. The molecule has 0 bridgehead atoms. The quantitative estimate of drug-likeness (QED) is 0.746. The lowest BCUT2D eigenvalue weighted by atomic mass is 10.2. The van der Waals surface area contributed by atoms with Gasteiger partial charge >= 0.3 is 0 Å². The first kappa shape index (κ1) is 14.7. The number of amides is 2. The fourth-order valence-corrected chi connectivity index (χ4v) is 2.15. The molecule has 0 aliphatic heterocycles. The Labute approximate surface area is 132 Å². The maximum Gasteiger partial charge on any atom is 0.275 e. The number of benzene rings is 1. The molecule has 1 aromatic carbocycles. The van der Waals surface area contributed by atoms with E-state index < -0.39 is 5.91 Å². The molecule has 2 amide bonds. The van der Waals surface area contributed by atoms with Gasteiger partial charge < -0.3 is 11.1 Å². The molecule has 0 fully saturated rings. The third-order valence-corrected chi connectivity index (χ3v) is 3.30. The van der Waals surface area contributed by atoms with E-state index in [4.69, 9.17) is 5.73 Å². The summed E-state index contributed by atoms with van der Waals surface area (Å²) in [5.41, 5.74) is 6.16. The van der Waals surface area contributed by atoms with Crippen molar-refractivity contribution < 1.29 is 9.59 Å². The number of aromatic nitrogens is 3. The number of hydrogen-bond acceptors (Lipinski definition) is 4. The Morgan fingerprint density at radius 3 is 2.78 bits per heavy atom. The summed E-state index contributed by atoms with van der Waals surface area (Å²) in [5, 5.41) is 7.81. The fraction of sp³-hybridized carbons (Fsp3) is 0.125. The second-order valence-corrected chi connectivity index (χ2v) is 5.02. The van der Waals surface area contributed by atoms with Gasteiger partial charge in [0.25, 0.3) is 5.91 Å². The molecule has 3 aromatic rings. The summed E-state index contributed by atoms with van der Waals surface area (Å²) in [7, 11) is 0. The second kappa shape index (κ2) is 6.27. The van der Waals surface area contributed by atoms with Crippen molar-refractivity contribution in [2.24, 2.45) is 5.73 Å². The van der Waals surface area contributed by atoms with Gasteiger partial charge in [0.1, 0.15) is 5.69 Å². The first-order valence-electron chi connectivity index (χ1n) is 7.11. The van der Waals surface area contributed by atoms with Crippen molar-refractivity contribution in [2.45, 2.75) is 13.0 Å². The van der Waals surface area contributed by atoms with Crippen LogP contribution in [0.5, 0.6) is 0 Å². The highest BCUT2D eigenvalue weighted by molar-refractivity contribution is 6.03. The van der Waals surface area contributed by atoms with Gasteiger partial charge in [0, 0.05) is 30.6 Å². The summed E-state index contributed by atoms with van der Waals surface area (Å²) in [4.78, 5) is 27.3. The van der Waals surface area contributed by atoms with Gasteiger partial charge in [-0.25, -0.2) is 4.98 Å². The summed E-state index contributed by atoms with van der Waals surface area (Å²) in [5.74, 6) is -0.336. The zero-order valence-corrected chi connectivity index (χ0v) is 12.3. The number of para-hydroxylation sites is 1. The van der Waals surface area contributed by atoms with Crippen LogP contribution in [0.25, 0.3) is 10.9 Å². The Morgan fingerprint density at radius 1 is 1.13 bits per heavy atom. The molecule has 23 heavy (non-hydrogen) atoms. The average Bonchev–Trinajstić information content (AvgIpc) is 3.00. The van der Waals surface area contributed by atoms with Crippen molar-refractivity contribution in [1.82, 2.24) is 14.8 Å². The van der Waals surface area contributed by atoms with Crippen LogP contribution in [-0.4, -0.2) is 26.6 Å². The van der Waals surface area contributed by atoms with Gasteiger partial charge in [0.2, 0.25) is 5.91 Å². The van der Waals surface area contributed by atoms with E-state index in [1.54, 1.807) is 23.0 Å². The maximum atomic E-state index is 12.2. The molecule has 0 spiro atoms. The predicted molar refractivity (Wildman–Crippen MR) is 85.7 cm³/mol. The van der Waals surface area contributed by atoms with Crippen molar-refractivity contribution in [1.29, 1.82) is 0 Å². The van der Waals surface area contributed by atoms with Crippen LogP contribution in [-0.2, 0) is 11.3 Å². The minimum atomic E-state index is -0.397. The lowest BCUT2D eigenvalue weighted by Gasteiger charge is -2.03. The number of anilines is 1. The van der Waals surface area contributed by atoms with E-state index in [0.717, 1.165) is 10.9 Å². The minimum Gasteiger partial charge on any atom is -0.370 e. The van der Waals surface area contributed by atoms with E-state index in [9.17, 15) is 9.59 Å². The number of nitrogens with one attached hydrogen (secondary N) is 1. The Kier molecular flexibility index (Phi) is 4.01. The molecule has 0 aliphatic carbocycles. The highest BCUT2D eigenvalue weighted by atomic mass is 16.2. The van der Waals surface area contributed by atoms with E-state index in [1.807, 2.05) is 30.3 Å². The van der Waals surface area contributed by atoms with Crippen molar-refractivity contribution >= 4 is 28.5 Å². The van der Waals surface area contributed by atoms with E-state index in [0.29, 0.717) is 18.1 Å². The van der Waals surface area contributed by atoms with E-state index in [-0.39, 0.29) is 12.3 Å². The number of fused-ring (bicyclic) bond motifs is 1. The average molecular weight is 309 g/mol. The molecule has 116 valence electrons. The number of nitrogens with zero attached hydrogens (tertiary/aromatic N) is 3. The third kappa shape index (κ3) is 3.52. The summed E-state index contributed by atoms with van der Waals surface area (Å²) in [6, 6.07) is 12.7. The van der Waals surface area contributed by atoms with Crippen LogP contribution in [0.3, 0.4) is 0 Å². The van der Waals surface area contributed by atoms with Crippen LogP contribution < -0.4 is 11.1 Å². The summed E-state index contributed by atoms with van der Waals surface area (Å²) >= 11 is 0. The van der Waals surface area contributed by atoms with Gasteiger partial charge in [-0.2, -0.15) is 5.10 Å². The molecule has 2 aromatic heterocycles. The van der Waals surface area contributed by atoms with Gasteiger partial charge in [-0.3, -0.25) is 14.3 Å². The van der Waals surface area contributed by atoms with Crippen molar-refractivity contribution in [3.8, 4) is 0 Å². The molecule has 0 radical (unpaired) electrons. The Hall–Kier alpha value is -3.22. The Bertz CT molecular complexity index is 872. The molecule has 0 atom stereocenters. The highest BCUT2D eigenvalue weighted by Crippen LogP contribution is 2.13. The summed E-state index contributed by atoms with van der Waals surface area (Å²) < 4.78 is 1.55. The number of primary amides is 1. The number of nitrogens with two attached hydrogens (primary N) is 1. The molecule has 7 heteroatoms. The van der Waals surface area contributed by atoms with Crippen molar-refractivity contribution in [2.75, 3.05) is 5.32 Å². The zero-order chi connectivity index (χ0) is 16.2. The molecule has 3 N–H and O–H groups in total. The Morgan fingerprint density at radius 2 is 1.96 bits per heavy atom. The molecular weight excluding hydrogens is 294 g/mol. The largest absolute Gasteiger partial charge is 0.370 e. The molecule has 0 unspecified atom stereocenters. The van der Waals surface area contributed by atoms with E-state index >= 15 is 0 Å². The molecule has 3 rings (SSSR count). The molecule has 0 saturated carbocycles. The Balaban J connectivity index is 1.71. The predicted octanol–water partition coefficient (Wildman–Crippen LogP) is 1.56. The van der Waals surface area contributed by atoms with Crippen LogP contribution in [0.1, 0.15) is 16.9 Å². The van der Waals surface area contributed by atoms with Crippen LogP contribution in [0.15, 0.2) is 48.7 Å². The number of aryl methyl sites for hydroxylation is 1. The number of carbonyl (C=O) groups is 2.